The van der Waals surface area contributed by atoms with Gasteiger partial charge in [-0.2, -0.15) is 0 Å². The summed E-state index contributed by atoms with van der Waals surface area (Å²) in [5.41, 5.74) is 3.16. The second-order valence-corrected chi connectivity index (χ2v) is 8.29. The maximum Gasteiger partial charge on any atom is 0.251 e. The molecule has 0 aliphatic heterocycles. The van der Waals surface area contributed by atoms with Gasteiger partial charge in [0, 0.05) is 55.1 Å². The fourth-order valence-electron chi connectivity index (χ4n) is 4.09. The van der Waals surface area contributed by atoms with Gasteiger partial charge in [-0.05, 0) is 37.0 Å². The van der Waals surface area contributed by atoms with Crippen LogP contribution in [0.2, 0.25) is 0 Å². The van der Waals surface area contributed by atoms with Crippen LogP contribution < -0.4 is 10.6 Å². The highest BCUT2D eigenvalue weighted by Crippen LogP contribution is 2.34. The minimum absolute atomic E-state index is 0.231. The van der Waals surface area contributed by atoms with E-state index in [1.165, 1.54) is 38.1 Å². The van der Waals surface area contributed by atoms with E-state index in [4.69, 9.17) is 0 Å². The highest BCUT2D eigenvalue weighted by atomic mass is 19.1. The molecule has 5 rings (SSSR count). The van der Waals surface area contributed by atoms with E-state index in [1.807, 2.05) is 18.5 Å². The van der Waals surface area contributed by atoms with Crippen molar-refractivity contribution in [1.29, 1.82) is 0 Å². The summed E-state index contributed by atoms with van der Waals surface area (Å²) in [4.78, 5) is 34.2. The highest BCUT2D eigenvalue weighted by Gasteiger charge is 2.22. The predicted molar refractivity (Wildman–Crippen MR) is 127 cm³/mol. The van der Waals surface area contributed by atoms with Gasteiger partial charge < -0.3 is 10.6 Å². The lowest BCUT2D eigenvalue weighted by Gasteiger charge is -2.23. The minimum Gasteiger partial charge on any atom is -0.370 e. The third kappa shape index (κ3) is 4.28. The second-order valence-electron chi connectivity index (χ2n) is 8.29. The van der Waals surface area contributed by atoms with Crippen molar-refractivity contribution in [3.8, 4) is 11.3 Å². The molecule has 0 spiro atoms. The van der Waals surface area contributed by atoms with Crippen LogP contribution in [0.5, 0.6) is 0 Å². The maximum atomic E-state index is 14.5. The molecule has 0 radical (unpaired) electrons. The number of benzene rings is 1. The number of pyridine rings is 1. The molecule has 1 amide bonds. The summed E-state index contributed by atoms with van der Waals surface area (Å²) < 4.78 is 14.5. The molecule has 0 bridgehead atoms. The first-order valence-electron chi connectivity index (χ1n) is 11.3. The van der Waals surface area contributed by atoms with E-state index >= 15 is 0 Å². The van der Waals surface area contributed by atoms with E-state index in [9.17, 15) is 9.18 Å². The molecular weight excluding hydrogens is 433 g/mol. The standard InChI is InChI=1S/C25H24FN7O/c1-27-25(34)18-8-10-29-23-15(5-6-19(26)22(18)23)7-9-28-21-11-20(32-14-33-21)17-12-30-24(31-13-17)16-3-2-4-16/h5-6,8,10-14,16H,2-4,7,9H2,1H3,(H,27,34)(H,28,32,33). The second kappa shape index (κ2) is 9.46. The molecule has 1 saturated carbocycles. The number of amides is 1. The van der Waals surface area contributed by atoms with Crippen LogP contribution in [0.25, 0.3) is 22.2 Å². The first kappa shape index (κ1) is 21.8. The van der Waals surface area contributed by atoms with Crippen molar-refractivity contribution >= 4 is 22.6 Å². The molecule has 0 atom stereocenters. The van der Waals surface area contributed by atoms with Crippen molar-refractivity contribution in [3.05, 3.63) is 72.0 Å². The van der Waals surface area contributed by atoms with Gasteiger partial charge in [-0.3, -0.25) is 9.78 Å². The molecule has 3 heterocycles. The van der Waals surface area contributed by atoms with Crippen molar-refractivity contribution in [1.82, 2.24) is 30.2 Å². The van der Waals surface area contributed by atoms with Gasteiger partial charge in [-0.1, -0.05) is 12.5 Å². The largest absolute Gasteiger partial charge is 0.370 e. The Bertz CT molecular complexity index is 1340. The van der Waals surface area contributed by atoms with Crippen LogP contribution >= 0.6 is 0 Å². The summed E-state index contributed by atoms with van der Waals surface area (Å²) in [7, 11) is 1.52. The van der Waals surface area contributed by atoms with Gasteiger partial charge in [0.15, 0.2) is 0 Å². The summed E-state index contributed by atoms with van der Waals surface area (Å²) in [6.07, 6.45) is 10.8. The normalized spacial score (nSPS) is 13.5. The Morgan fingerprint density at radius 1 is 1.09 bits per heavy atom. The Kier molecular flexibility index (Phi) is 6.07. The summed E-state index contributed by atoms with van der Waals surface area (Å²) in [6.45, 7) is 0.542. The van der Waals surface area contributed by atoms with Crippen molar-refractivity contribution in [3.63, 3.8) is 0 Å². The summed E-state index contributed by atoms with van der Waals surface area (Å²) in [5, 5.41) is 6.07. The van der Waals surface area contributed by atoms with Crippen LogP contribution in [0.15, 0.2) is 49.2 Å². The Labute approximate surface area is 196 Å². The number of hydrogen-bond acceptors (Lipinski definition) is 7. The number of rotatable bonds is 7. The van der Waals surface area contributed by atoms with Crippen LogP contribution in [-0.4, -0.2) is 44.4 Å². The van der Waals surface area contributed by atoms with Gasteiger partial charge in [0.25, 0.3) is 5.91 Å². The molecule has 1 aliphatic carbocycles. The molecule has 172 valence electrons. The third-order valence-corrected chi connectivity index (χ3v) is 6.20. The third-order valence-electron chi connectivity index (χ3n) is 6.20. The number of anilines is 1. The zero-order valence-electron chi connectivity index (χ0n) is 18.8. The van der Waals surface area contributed by atoms with Crippen LogP contribution in [0, 0.1) is 5.82 Å². The lowest BCUT2D eigenvalue weighted by molar-refractivity contribution is 0.0964. The fraction of sp³-hybridized carbons (Fsp3) is 0.280. The van der Waals surface area contributed by atoms with Crippen molar-refractivity contribution in [2.75, 3.05) is 18.9 Å². The Hall–Kier alpha value is -4.01. The number of nitrogens with one attached hydrogen (secondary N) is 2. The summed E-state index contributed by atoms with van der Waals surface area (Å²) in [5.74, 6) is 1.24. The Morgan fingerprint density at radius 2 is 1.91 bits per heavy atom. The van der Waals surface area contributed by atoms with E-state index in [0.29, 0.717) is 30.2 Å². The molecule has 34 heavy (non-hydrogen) atoms. The predicted octanol–water partition coefficient (Wildman–Crippen LogP) is 3.90. The Balaban J connectivity index is 1.30. The number of halogens is 1. The quantitative estimate of drug-likeness (QED) is 0.434. The number of fused-ring (bicyclic) bond motifs is 1. The van der Waals surface area contributed by atoms with Gasteiger partial charge in [0.2, 0.25) is 0 Å². The molecule has 4 aromatic rings. The molecule has 1 aliphatic rings. The van der Waals surface area contributed by atoms with Crippen LogP contribution in [0.3, 0.4) is 0 Å². The smallest absolute Gasteiger partial charge is 0.251 e. The zero-order valence-corrected chi connectivity index (χ0v) is 18.8. The van der Waals surface area contributed by atoms with Gasteiger partial charge in [-0.25, -0.2) is 24.3 Å². The molecule has 1 aromatic carbocycles. The van der Waals surface area contributed by atoms with Gasteiger partial charge >= 0.3 is 0 Å². The number of hydrogen-bond donors (Lipinski definition) is 2. The fourth-order valence-corrected chi connectivity index (χ4v) is 4.09. The molecular formula is C25H24FN7O. The first-order chi connectivity index (χ1) is 16.6. The molecule has 9 heteroatoms. The molecule has 8 nitrogen and oxygen atoms in total. The van der Waals surface area contributed by atoms with Gasteiger partial charge in [0.1, 0.15) is 23.8 Å². The van der Waals surface area contributed by atoms with Crippen molar-refractivity contribution < 1.29 is 9.18 Å². The number of nitrogens with zero attached hydrogens (tertiary/aromatic N) is 5. The summed E-state index contributed by atoms with van der Waals surface area (Å²) >= 11 is 0. The summed E-state index contributed by atoms with van der Waals surface area (Å²) in [6, 6.07) is 6.46. The van der Waals surface area contributed by atoms with Crippen LogP contribution in [-0.2, 0) is 6.42 Å². The van der Waals surface area contributed by atoms with Crippen molar-refractivity contribution in [2.45, 2.75) is 31.6 Å². The highest BCUT2D eigenvalue weighted by molar-refractivity contribution is 6.06. The van der Waals surface area contributed by atoms with E-state index < -0.39 is 5.82 Å². The molecule has 1 fully saturated rings. The van der Waals surface area contributed by atoms with E-state index in [0.717, 1.165) is 35.5 Å². The SMILES string of the molecule is CNC(=O)c1ccnc2c(CCNc3cc(-c4cnc(C5CCC5)nc4)ncn3)ccc(F)c12. The lowest BCUT2D eigenvalue weighted by Crippen LogP contribution is -2.18. The van der Waals surface area contributed by atoms with Crippen molar-refractivity contribution in [2.24, 2.45) is 0 Å². The van der Waals surface area contributed by atoms with Gasteiger partial charge in [-0.15, -0.1) is 0 Å². The van der Waals surface area contributed by atoms with E-state index in [-0.39, 0.29) is 16.9 Å². The number of aromatic nitrogens is 5. The van der Waals surface area contributed by atoms with Crippen LogP contribution in [0.4, 0.5) is 10.2 Å². The number of carbonyl (C=O) groups is 1. The van der Waals surface area contributed by atoms with Gasteiger partial charge in [0.05, 0.1) is 16.8 Å². The molecule has 2 N–H and O–H groups in total. The van der Waals surface area contributed by atoms with E-state index in [1.54, 1.807) is 6.07 Å². The minimum atomic E-state index is -0.468. The topological polar surface area (TPSA) is 106 Å². The van der Waals surface area contributed by atoms with Crippen LogP contribution in [0.1, 0.15) is 46.9 Å². The zero-order chi connectivity index (χ0) is 23.5. The molecule has 0 saturated heterocycles. The average molecular weight is 458 g/mol. The number of carbonyl (C=O) groups excluding carboxylic acids is 1. The maximum absolute atomic E-state index is 14.5. The first-order valence-corrected chi connectivity index (χ1v) is 11.3. The van der Waals surface area contributed by atoms with E-state index in [2.05, 4.69) is 35.6 Å². The average Bonchev–Trinajstić information content (AvgIpc) is 2.84. The Morgan fingerprint density at radius 3 is 2.65 bits per heavy atom. The molecule has 3 aromatic heterocycles. The lowest BCUT2D eigenvalue weighted by atomic mass is 9.85. The monoisotopic (exact) mass is 457 g/mol. The molecule has 0 unspecified atom stereocenters.